The largest absolute Gasteiger partial charge is 0.756 e. The van der Waals surface area contributed by atoms with Crippen LogP contribution in [0.4, 0.5) is 0 Å². The summed E-state index contributed by atoms with van der Waals surface area (Å²) in [6.45, 7) is 4.11. The fourth-order valence-corrected chi connectivity index (χ4v) is 10.5. The Kier molecular flexibility index (Phi) is 62.1. The van der Waals surface area contributed by atoms with Crippen LogP contribution in [0.5, 0.6) is 0 Å². The summed E-state index contributed by atoms with van der Waals surface area (Å²) >= 11 is 0. The fraction of sp³-hybridized carbons (Fsp3) is 0.757. The van der Waals surface area contributed by atoms with E-state index in [1.54, 1.807) is 0 Å². The Morgan fingerprint density at radius 3 is 1.01 bits per heavy atom. The van der Waals surface area contributed by atoms with Crippen LogP contribution >= 0.6 is 7.82 Å². The van der Waals surface area contributed by atoms with Crippen LogP contribution in [0.15, 0.2) is 97.2 Å². The molecule has 0 N–H and O–H groups in total. The maximum atomic E-state index is 12.8. The van der Waals surface area contributed by atoms with Gasteiger partial charge >= 0.3 is 11.9 Å². The van der Waals surface area contributed by atoms with E-state index in [1.807, 2.05) is 21.1 Å². The van der Waals surface area contributed by atoms with Crippen LogP contribution in [0.2, 0.25) is 0 Å². The summed E-state index contributed by atoms with van der Waals surface area (Å²) in [7, 11) is 1.13. The maximum absolute atomic E-state index is 12.8. The third-order valence-corrected chi connectivity index (χ3v) is 16.1. The van der Waals surface area contributed by atoms with E-state index < -0.39 is 32.5 Å². The summed E-state index contributed by atoms with van der Waals surface area (Å²) in [6.07, 6.45) is 89.4. The molecule has 486 valence electrons. The van der Waals surface area contributed by atoms with E-state index >= 15 is 0 Å². The van der Waals surface area contributed by atoms with E-state index in [0.717, 1.165) is 83.5 Å². The summed E-state index contributed by atoms with van der Waals surface area (Å²) in [5.41, 5.74) is 0. The number of nitrogens with zero attached hydrogens (tertiary/aromatic N) is 1. The second-order valence-electron chi connectivity index (χ2n) is 24.5. The topological polar surface area (TPSA) is 111 Å². The lowest BCUT2D eigenvalue weighted by molar-refractivity contribution is -0.870. The number of likely N-dealkylation sites (N-methyl/N-ethyl adjacent to an activating group) is 1. The molecule has 0 rings (SSSR count). The predicted octanol–water partition coefficient (Wildman–Crippen LogP) is 22.1. The molecule has 84 heavy (non-hydrogen) atoms. The van der Waals surface area contributed by atoms with Gasteiger partial charge < -0.3 is 27.9 Å². The highest BCUT2D eigenvalue weighted by Gasteiger charge is 2.22. The molecule has 0 fully saturated rings. The van der Waals surface area contributed by atoms with Crippen molar-refractivity contribution in [3.8, 4) is 0 Å². The average Bonchev–Trinajstić information content (AvgIpc) is 3.61. The number of phosphoric ester groups is 1. The van der Waals surface area contributed by atoms with Gasteiger partial charge in [-0.15, -0.1) is 0 Å². The molecule has 0 amide bonds. The van der Waals surface area contributed by atoms with Crippen molar-refractivity contribution in [2.75, 3.05) is 47.5 Å². The van der Waals surface area contributed by atoms with E-state index in [1.165, 1.54) is 193 Å². The van der Waals surface area contributed by atoms with Crippen molar-refractivity contribution in [1.29, 1.82) is 0 Å². The number of phosphoric acid groups is 1. The van der Waals surface area contributed by atoms with Crippen molar-refractivity contribution in [1.82, 2.24) is 0 Å². The Hall–Kier alpha value is -3.07. The number of hydrogen-bond donors (Lipinski definition) is 0. The molecule has 0 aliphatic rings. The molecule has 0 radical (unpaired) electrons. The molecule has 0 aliphatic heterocycles. The second-order valence-corrected chi connectivity index (χ2v) is 25.9. The number of unbranched alkanes of at least 4 members (excludes halogenated alkanes) is 34. The Balaban J connectivity index is 4.09. The minimum atomic E-state index is -4.66. The molecule has 0 aromatic heterocycles. The van der Waals surface area contributed by atoms with Gasteiger partial charge in [0, 0.05) is 12.8 Å². The van der Waals surface area contributed by atoms with E-state index in [-0.39, 0.29) is 26.1 Å². The monoisotopic (exact) mass is 1190 g/mol. The number of quaternary nitrogens is 1. The van der Waals surface area contributed by atoms with Crippen molar-refractivity contribution >= 4 is 19.8 Å². The molecule has 0 saturated heterocycles. The van der Waals surface area contributed by atoms with E-state index in [2.05, 4.69) is 111 Å². The van der Waals surface area contributed by atoms with E-state index in [4.69, 9.17) is 18.5 Å². The summed E-state index contributed by atoms with van der Waals surface area (Å²) in [6, 6.07) is 0. The molecular formula is C74H132NO8P. The van der Waals surface area contributed by atoms with Gasteiger partial charge in [0.25, 0.3) is 7.82 Å². The first-order chi connectivity index (χ1) is 41.0. The van der Waals surface area contributed by atoms with E-state index in [0.29, 0.717) is 17.4 Å². The summed E-state index contributed by atoms with van der Waals surface area (Å²) in [5, 5.41) is 0. The quantitative estimate of drug-likeness (QED) is 0.0195. The Morgan fingerprint density at radius 1 is 0.381 bits per heavy atom. The molecule has 0 bridgehead atoms. The minimum absolute atomic E-state index is 0.0431. The van der Waals surface area contributed by atoms with Gasteiger partial charge in [-0.25, -0.2) is 0 Å². The number of carbonyl (C=O) groups excluding carboxylic acids is 2. The van der Waals surface area contributed by atoms with Crippen LogP contribution < -0.4 is 4.89 Å². The predicted molar refractivity (Wildman–Crippen MR) is 360 cm³/mol. The zero-order chi connectivity index (χ0) is 61.2. The number of carbonyl (C=O) groups is 2. The van der Waals surface area contributed by atoms with E-state index in [9.17, 15) is 19.0 Å². The first kappa shape index (κ1) is 80.9. The van der Waals surface area contributed by atoms with Gasteiger partial charge in [-0.1, -0.05) is 317 Å². The Labute approximate surface area is 519 Å². The molecule has 0 aliphatic carbocycles. The van der Waals surface area contributed by atoms with Crippen molar-refractivity contribution in [2.24, 2.45) is 0 Å². The maximum Gasteiger partial charge on any atom is 0.306 e. The highest BCUT2D eigenvalue weighted by molar-refractivity contribution is 7.45. The number of ether oxygens (including phenoxy) is 2. The Bertz CT molecular complexity index is 1740. The molecular weight excluding hydrogens is 1060 g/mol. The minimum Gasteiger partial charge on any atom is -0.756 e. The van der Waals surface area contributed by atoms with Crippen LogP contribution in [-0.4, -0.2) is 70.0 Å². The smallest absolute Gasteiger partial charge is 0.306 e. The Morgan fingerprint density at radius 2 is 0.679 bits per heavy atom. The van der Waals surface area contributed by atoms with Crippen LogP contribution in [0, 0.1) is 0 Å². The van der Waals surface area contributed by atoms with Gasteiger partial charge in [0.05, 0.1) is 27.7 Å². The van der Waals surface area contributed by atoms with Crippen LogP contribution in [0.3, 0.4) is 0 Å². The van der Waals surface area contributed by atoms with Gasteiger partial charge in [0.1, 0.15) is 19.8 Å². The summed E-state index contributed by atoms with van der Waals surface area (Å²) in [5.74, 6) is -0.879. The third-order valence-electron chi connectivity index (χ3n) is 15.1. The van der Waals surface area contributed by atoms with Crippen LogP contribution in [0.1, 0.15) is 309 Å². The molecule has 0 spiro atoms. The first-order valence-electron chi connectivity index (χ1n) is 34.9. The molecule has 0 aromatic carbocycles. The fourth-order valence-electron chi connectivity index (χ4n) is 9.79. The molecule has 2 unspecified atom stereocenters. The standard InChI is InChI=1S/C74H132NO8P/c1-6-8-10-12-14-16-18-20-22-24-26-28-30-32-34-35-36-37-38-39-41-42-44-46-48-50-52-54-56-58-60-62-64-66-73(76)80-70-72(71-82-84(78,79)81-69-68-75(3,4)5)83-74(77)67-65-63-61-59-57-55-53-51-49-47-45-43-40-33-31-29-27-25-23-21-19-17-15-13-11-9-7-2/h9,11,15,17,21,23,27,29,33,40,45,47,51,53,57,59,72H,6-8,10,12-14,16,18-20,22,24-26,28,30-32,34-39,41-44,46,48-50,52,54-56,58,60-71H2,1-5H3/b11-9-,17-15-,23-21-,29-27-,40-33-,47-45-,53-51-,59-57-. The lowest BCUT2D eigenvalue weighted by Crippen LogP contribution is -2.37. The molecule has 0 aromatic rings. The lowest BCUT2D eigenvalue weighted by atomic mass is 10.0. The van der Waals surface area contributed by atoms with Crippen molar-refractivity contribution < 1.29 is 42.1 Å². The van der Waals surface area contributed by atoms with Crippen molar-refractivity contribution in [2.45, 2.75) is 315 Å². The normalized spacial score (nSPS) is 13.7. The molecule has 0 saturated carbocycles. The SMILES string of the molecule is CC/C=C\C/C=C\C/C=C\C/C=C\C/C=C\C/C=C\C/C=C\C/C=C\CCCCC(=O)OC(COC(=O)CCCCCCCCCCCCCCCCCCCCCCCCCCCCCCCCCCC)COP(=O)([O-])OCC[N+](C)(C)C. The average molecular weight is 1190 g/mol. The van der Waals surface area contributed by atoms with Crippen LogP contribution in [-0.2, 0) is 32.7 Å². The molecule has 2 atom stereocenters. The molecule has 0 heterocycles. The summed E-state index contributed by atoms with van der Waals surface area (Å²) < 4.78 is 34.2. The zero-order valence-electron chi connectivity index (χ0n) is 55.3. The highest BCUT2D eigenvalue weighted by Crippen LogP contribution is 2.38. The van der Waals surface area contributed by atoms with Crippen LogP contribution in [0.25, 0.3) is 0 Å². The summed E-state index contributed by atoms with van der Waals surface area (Å²) in [4.78, 5) is 38.0. The second kappa shape index (κ2) is 64.4. The van der Waals surface area contributed by atoms with Crippen molar-refractivity contribution in [3.63, 3.8) is 0 Å². The third kappa shape index (κ3) is 68.0. The molecule has 9 nitrogen and oxygen atoms in total. The van der Waals surface area contributed by atoms with Gasteiger partial charge in [-0.2, -0.15) is 0 Å². The number of hydrogen-bond acceptors (Lipinski definition) is 8. The van der Waals surface area contributed by atoms with Gasteiger partial charge in [-0.3, -0.25) is 14.2 Å². The lowest BCUT2D eigenvalue weighted by Gasteiger charge is -2.28. The highest BCUT2D eigenvalue weighted by atomic mass is 31.2. The zero-order valence-corrected chi connectivity index (χ0v) is 56.2. The van der Waals surface area contributed by atoms with Gasteiger partial charge in [-0.05, 0) is 77.0 Å². The number of rotatable bonds is 64. The number of allylic oxidation sites excluding steroid dienone is 16. The first-order valence-corrected chi connectivity index (χ1v) is 36.4. The van der Waals surface area contributed by atoms with Crippen molar-refractivity contribution in [3.05, 3.63) is 97.2 Å². The number of esters is 2. The van der Waals surface area contributed by atoms with Gasteiger partial charge in [0.2, 0.25) is 0 Å². The molecule has 10 heteroatoms. The van der Waals surface area contributed by atoms with Gasteiger partial charge in [0.15, 0.2) is 6.10 Å².